The predicted molar refractivity (Wildman–Crippen MR) is 83.0 cm³/mol. The van der Waals surface area contributed by atoms with E-state index in [2.05, 4.69) is 10.0 Å². The highest BCUT2D eigenvalue weighted by molar-refractivity contribution is 7.89. The smallest absolute Gasteiger partial charge is 0.240 e. The molecule has 1 saturated heterocycles. The zero-order valence-electron chi connectivity index (χ0n) is 12.4. The molecule has 0 aliphatic carbocycles. The summed E-state index contributed by atoms with van der Waals surface area (Å²) in [5.74, 6) is -0.679. The summed E-state index contributed by atoms with van der Waals surface area (Å²) in [4.78, 5) is -0.168. The second kappa shape index (κ2) is 7.23. The number of sulfonamides is 1. The SMILES string of the molecule is COCC1(CNS(=O)(=O)c2cc(F)cc(Cl)c2)CCNCC1. The minimum absolute atomic E-state index is 0.0499. The number of halogens is 2. The van der Waals surface area contributed by atoms with Crippen LogP contribution in [0.1, 0.15) is 12.8 Å². The Balaban J connectivity index is 2.13. The third kappa shape index (κ3) is 4.39. The van der Waals surface area contributed by atoms with Crippen LogP contribution in [0.5, 0.6) is 0 Å². The van der Waals surface area contributed by atoms with Crippen molar-refractivity contribution in [3.63, 3.8) is 0 Å². The van der Waals surface area contributed by atoms with Gasteiger partial charge in [-0.2, -0.15) is 0 Å². The summed E-state index contributed by atoms with van der Waals surface area (Å²) < 4.78 is 45.8. The van der Waals surface area contributed by atoms with Crippen molar-refractivity contribution in [2.75, 3.05) is 33.4 Å². The normalized spacial score (nSPS) is 18.3. The van der Waals surface area contributed by atoms with Gasteiger partial charge in [0.2, 0.25) is 10.0 Å². The summed E-state index contributed by atoms with van der Waals surface area (Å²) in [5.41, 5.74) is -0.246. The number of methoxy groups -OCH3 is 1. The molecule has 1 fully saturated rings. The van der Waals surface area contributed by atoms with Crippen molar-refractivity contribution >= 4 is 21.6 Å². The Hall–Kier alpha value is -0.730. The van der Waals surface area contributed by atoms with Crippen molar-refractivity contribution in [3.05, 3.63) is 29.0 Å². The predicted octanol–water partition coefficient (Wildman–Crippen LogP) is 1.77. The quantitative estimate of drug-likeness (QED) is 0.820. The van der Waals surface area contributed by atoms with Crippen LogP contribution < -0.4 is 10.0 Å². The summed E-state index contributed by atoms with van der Waals surface area (Å²) in [7, 11) is -2.21. The lowest BCUT2D eigenvalue weighted by Crippen LogP contribution is -2.47. The summed E-state index contributed by atoms with van der Waals surface area (Å²) in [6.07, 6.45) is 1.63. The number of ether oxygens (including phenoxy) is 1. The molecule has 1 heterocycles. The average Bonchev–Trinajstić information content (AvgIpc) is 2.46. The summed E-state index contributed by atoms with van der Waals surface area (Å²) >= 11 is 5.72. The molecule has 1 aliphatic heterocycles. The minimum Gasteiger partial charge on any atom is -0.384 e. The van der Waals surface area contributed by atoms with Gasteiger partial charge in [-0.15, -0.1) is 0 Å². The first kappa shape index (κ1) is 17.6. The minimum atomic E-state index is -3.81. The van der Waals surface area contributed by atoms with Gasteiger partial charge in [0.1, 0.15) is 5.82 Å². The van der Waals surface area contributed by atoms with E-state index in [0.29, 0.717) is 6.61 Å². The van der Waals surface area contributed by atoms with Crippen LogP contribution in [0.2, 0.25) is 5.02 Å². The lowest BCUT2D eigenvalue weighted by atomic mass is 9.80. The molecule has 0 bridgehead atoms. The molecule has 1 aromatic rings. The fraction of sp³-hybridized carbons (Fsp3) is 0.571. The van der Waals surface area contributed by atoms with Crippen LogP contribution in [0.4, 0.5) is 4.39 Å². The first-order chi connectivity index (χ1) is 10.4. The summed E-state index contributed by atoms with van der Waals surface area (Å²) in [5, 5.41) is 3.29. The molecule has 0 aromatic heterocycles. The fourth-order valence-corrected chi connectivity index (χ4v) is 4.15. The maximum atomic E-state index is 13.3. The zero-order chi connectivity index (χ0) is 16.2. The third-order valence-corrected chi connectivity index (χ3v) is 5.50. The lowest BCUT2D eigenvalue weighted by Gasteiger charge is -2.37. The third-order valence-electron chi connectivity index (χ3n) is 3.90. The van der Waals surface area contributed by atoms with Crippen molar-refractivity contribution in [3.8, 4) is 0 Å². The van der Waals surface area contributed by atoms with Crippen LogP contribution in [0.15, 0.2) is 23.1 Å². The van der Waals surface area contributed by atoms with Crippen LogP contribution in [0.25, 0.3) is 0 Å². The number of hydrogen-bond acceptors (Lipinski definition) is 4. The molecule has 0 atom stereocenters. The van der Waals surface area contributed by atoms with Crippen LogP contribution in [0.3, 0.4) is 0 Å². The molecule has 0 spiro atoms. The van der Waals surface area contributed by atoms with Gasteiger partial charge in [-0.25, -0.2) is 17.5 Å². The molecule has 5 nitrogen and oxygen atoms in total. The Morgan fingerprint density at radius 2 is 2.05 bits per heavy atom. The van der Waals surface area contributed by atoms with E-state index in [4.69, 9.17) is 16.3 Å². The van der Waals surface area contributed by atoms with Crippen molar-refractivity contribution in [1.29, 1.82) is 0 Å². The van der Waals surface area contributed by atoms with Gasteiger partial charge in [-0.3, -0.25) is 0 Å². The topological polar surface area (TPSA) is 67.4 Å². The van der Waals surface area contributed by atoms with Crippen LogP contribution in [-0.4, -0.2) is 41.8 Å². The molecular formula is C14H20ClFN2O3S. The number of hydrogen-bond donors (Lipinski definition) is 2. The van der Waals surface area contributed by atoms with Gasteiger partial charge in [-0.1, -0.05) is 11.6 Å². The van der Waals surface area contributed by atoms with E-state index in [9.17, 15) is 12.8 Å². The fourth-order valence-electron chi connectivity index (χ4n) is 2.65. The highest BCUT2D eigenvalue weighted by Gasteiger charge is 2.33. The maximum Gasteiger partial charge on any atom is 0.240 e. The Morgan fingerprint density at radius 3 is 2.64 bits per heavy atom. The average molecular weight is 351 g/mol. The molecule has 0 amide bonds. The highest BCUT2D eigenvalue weighted by Crippen LogP contribution is 2.29. The first-order valence-electron chi connectivity index (χ1n) is 7.02. The molecule has 8 heteroatoms. The molecule has 2 N–H and O–H groups in total. The number of piperidine rings is 1. The number of nitrogens with one attached hydrogen (secondary N) is 2. The monoisotopic (exact) mass is 350 g/mol. The number of benzene rings is 1. The first-order valence-corrected chi connectivity index (χ1v) is 8.88. The number of rotatable bonds is 6. The van der Waals surface area contributed by atoms with Gasteiger partial charge in [0, 0.05) is 24.1 Å². The molecule has 0 saturated carbocycles. The maximum absolute atomic E-state index is 13.3. The van der Waals surface area contributed by atoms with Crippen molar-refractivity contribution < 1.29 is 17.5 Å². The van der Waals surface area contributed by atoms with Crippen molar-refractivity contribution in [1.82, 2.24) is 10.0 Å². The molecule has 0 unspecified atom stereocenters. The second-order valence-electron chi connectivity index (χ2n) is 5.61. The van der Waals surface area contributed by atoms with Crippen molar-refractivity contribution in [2.45, 2.75) is 17.7 Å². The standard InChI is InChI=1S/C14H20ClFN2O3S/c1-21-10-14(2-4-17-5-3-14)9-18-22(19,20)13-7-11(15)6-12(16)8-13/h6-8,17-18H,2-5,9-10H2,1H3. The van der Waals surface area contributed by atoms with Gasteiger partial charge in [0.15, 0.2) is 0 Å². The Labute approximate surface area is 135 Å². The molecule has 1 aliphatic rings. The Bertz CT molecular complexity index is 593. The van der Waals surface area contributed by atoms with Gasteiger partial charge < -0.3 is 10.1 Å². The molecule has 0 radical (unpaired) electrons. The van der Waals surface area contributed by atoms with Crippen LogP contribution in [-0.2, 0) is 14.8 Å². The Morgan fingerprint density at radius 1 is 1.36 bits per heavy atom. The molecular weight excluding hydrogens is 331 g/mol. The van der Waals surface area contributed by atoms with E-state index in [0.717, 1.165) is 38.1 Å². The van der Waals surface area contributed by atoms with E-state index in [1.165, 1.54) is 6.07 Å². The van der Waals surface area contributed by atoms with Gasteiger partial charge in [0.05, 0.1) is 11.5 Å². The van der Waals surface area contributed by atoms with Crippen molar-refractivity contribution in [2.24, 2.45) is 5.41 Å². The lowest BCUT2D eigenvalue weighted by molar-refractivity contribution is 0.0577. The van der Waals surface area contributed by atoms with E-state index >= 15 is 0 Å². The van der Waals surface area contributed by atoms with Crippen LogP contribution in [0, 0.1) is 11.2 Å². The molecule has 2 rings (SSSR count). The van der Waals surface area contributed by atoms with Crippen LogP contribution >= 0.6 is 11.6 Å². The van der Waals surface area contributed by atoms with E-state index < -0.39 is 15.8 Å². The van der Waals surface area contributed by atoms with E-state index in [1.54, 1.807) is 7.11 Å². The highest BCUT2D eigenvalue weighted by atomic mass is 35.5. The van der Waals surface area contributed by atoms with E-state index in [1.807, 2.05) is 0 Å². The summed E-state index contributed by atoms with van der Waals surface area (Å²) in [6.45, 7) is 2.36. The van der Waals surface area contributed by atoms with Gasteiger partial charge in [-0.05, 0) is 44.1 Å². The zero-order valence-corrected chi connectivity index (χ0v) is 13.9. The molecule has 22 heavy (non-hydrogen) atoms. The van der Waals surface area contributed by atoms with Gasteiger partial charge >= 0.3 is 0 Å². The largest absolute Gasteiger partial charge is 0.384 e. The second-order valence-corrected chi connectivity index (χ2v) is 7.82. The van der Waals surface area contributed by atoms with Gasteiger partial charge in [0.25, 0.3) is 0 Å². The molecule has 124 valence electrons. The van der Waals surface area contributed by atoms with E-state index in [-0.39, 0.29) is 21.9 Å². The Kier molecular flexibility index (Phi) is 5.79. The molecule has 1 aromatic carbocycles. The summed E-state index contributed by atoms with van der Waals surface area (Å²) in [6, 6.07) is 3.26.